The first kappa shape index (κ1) is 22.0. The summed E-state index contributed by atoms with van der Waals surface area (Å²) < 4.78 is 50.1. The molecule has 0 aliphatic rings. The van der Waals surface area contributed by atoms with Crippen molar-refractivity contribution in [1.82, 2.24) is 14.7 Å². The van der Waals surface area contributed by atoms with Crippen LogP contribution in [0, 0.1) is 6.92 Å². The predicted octanol–water partition coefficient (Wildman–Crippen LogP) is 1.71. The van der Waals surface area contributed by atoms with Crippen LogP contribution in [0.25, 0.3) is 0 Å². The van der Waals surface area contributed by atoms with Gasteiger partial charge in [-0.25, -0.2) is 27.3 Å². The van der Waals surface area contributed by atoms with Crippen LogP contribution in [0.5, 0.6) is 5.88 Å². The number of esters is 1. The van der Waals surface area contributed by atoms with E-state index in [1.54, 1.807) is 11.6 Å². The van der Waals surface area contributed by atoms with Gasteiger partial charge in [0.05, 0.1) is 12.0 Å². The van der Waals surface area contributed by atoms with Gasteiger partial charge in [0.2, 0.25) is 18.2 Å². The minimum Gasteiger partial charge on any atom is -0.481 e. The van der Waals surface area contributed by atoms with Crippen molar-refractivity contribution in [2.24, 2.45) is 0 Å². The van der Waals surface area contributed by atoms with Gasteiger partial charge in [-0.2, -0.15) is 4.98 Å². The molecule has 29 heavy (non-hydrogen) atoms. The fourth-order valence-electron chi connectivity index (χ4n) is 2.33. The van der Waals surface area contributed by atoms with Gasteiger partial charge in [0, 0.05) is 25.1 Å². The highest BCUT2D eigenvalue weighted by molar-refractivity contribution is 7.90. The molecule has 2 rings (SSSR count). The number of hydrogen-bond acceptors (Lipinski definition) is 8. The van der Waals surface area contributed by atoms with Crippen LogP contribution in [0.4, 0.5) is 15.1 Å². The molecular weight excluding hydrogens is 407 g/mol. The number of hydrogen-bond donors (Lipinski definition) is 2. The van der Waals surface area contributed by atoms with E-state index in [4.69, 9.17) is 4.74 Å². The number of carbonyl (C=O) groups excluding carboxylic acids is 2. The zero-order chi connectivity index (χ0) is 21.6. The maximum atomic E-state index is 13.8. The smallest absolute Gasteiger partial charge is 0.335 e. The van der Waals surface area contributed by atoms with Gasteiger partial charge in [-0.3, -0.25) is 10.1 Å². The van der Waals surface area contributed by atoms with Crippen LogP contribution in [0.2, 0.25) is 0 Å². The lowest BCUT2D eigenvalue weighted by Crippen LogP contribution is -2.35. The molecule has 1 heterocycles. The Bertz CT molecular complexity index is 1010. The van der Waals surface area contributed by atoms with Crippen LogP contribution >= 0.6 is 0 Å². The molecule has 0 radical (unpaired) electrons. The molecule has 0 aliphatic heterocycles. The van der Waals surface area contributed by atoms with Crippen molar-refractivity contribution in [3.63, 3.8) is 0 Å². The van der Waals surface area contributed by atoms with E-state index in [9.17, 15) is 22.4 Å². The summed E-state index contributed by atoms with van der Waals surface area (Å²) in [6.45, 7) is 2.67. The second-order valence-corrected chi connectivity index (χ2v) is 7.42. The van der Waals surface area contributed by atoms with Crippen LogP contribution in [0.1, 0.15) is 18.2 Å². The monoisotopic (exact) mass is 426 g/mol. The summed E-state index contributed by atoms with van der Waals surface area (Å²) in [6, 6.07) is 5.83. The van der Waals surface area contributed by atoms with Crippen LogP contribution in [0.15, 0.2) is 35.2 Å². The fourth-order valence-corrected chi connectivity index (χ4v) is 3.49. The Kier molecular flexibility index (Phi) is 7.04. The summed E-state index contributed by atoms with van der Waals surface area (Å²) in [6.07, 6.45) is -2.54. The number of urea groups is 1. The molecule has 0 saturated carbocycles. The van der Waals surface area contributed by atoms with Crippen LogP contribution in [0.3, 0.4) is 0 Å². The zero-order valence-electron chi connectivity index (χ0n) is 15.8. The minimum absolute atomic E-state index is 0.0232. The number of methoxy groups -OCH3 is 1. The van der Waals surface area contributed by atoms with Gasteiger partial charge in [-0.15, -0.1) is 0 Å². The molecule has 1 unspecified atom stereocenters. The number of aryl methyl sites for hydroxylation is 1. The summed E-state index contributed by atoms with van der Waals surface area (Å²) in [5.74, 6) is -0.828. The van der Waals surface area contributed by atoms with E-state index >= 15 is 0 Å². The molecule has 1 aromatic carbocycles. The largest absolute Gasteiger partial charge is 0.481 e. The molecule has 2 N–H and O–H groups in total. The number of aromatic nitrogens is 2. The van der Waals surface area contributed by atoms with E-state index in [1.165, 1.54) is 37.4 Å². The molecule has 2 amide bonds. The molecule has 0 aliphatic carbocycles. The summed E-state index contributed by atoms with van der Waals surface area (Å²) in [5.41, 5.74) is 0.509. The fraction of sp³-hybridized carbons (Fsp3) is 0.294. The van der Waals surface area contributed by atoms with E-state index in [0.29, 0.717) is 5.69 Å². The predicted molar refractivity (Wildman–Crippen MR) is 99.5 cm³/mol. The van der Waals surface area contributed by atoms with Gasteiger partial charge in [0.1, 0.15) is 0 Å². The molecule has 2 aromatic rings. The number of alkyl halides is 1. The first-order chi connectivity index (χ1) is 13.6. The molecule has 0 bridgehead atoms. The normalized spacial score (nSPS) is 12.0. The van der Waals surface area contributed by atoms with Gasteiger partial charge in [-0.05, 0) is 18.6 Å². The van der Waals surface area contributed by atoms with Gasteiger partial charge in [-0.1, -0.05) is 18.2 Å². The van der Waals surface area contributed by atoms with Gasteiger partial charge >= 0.3 is 12.0 Å². The zero-order valence-corrected chi connectivity index (χ0v) is 16.6. The second-order valence-electron chi connectivity index (χ2n) is 5.77. The highest BCUT2D eigenvalue weighted by Gasteiger charge is 2.24. The summed E-state index contributed by atoms with van der Waals surface area (Å²) in [5, 5.41) is 2.19. The first-order valence-electron chi connectivity index (χ1n) is 8.23. The number of amides is 2. The Morgan fingerprint density at radius 1 is 1.24 bits per heavy atom. The van der Waals surface area contributed by atoms with Crippen molar-refractivity contribution in [3.8, 4) is 5.88 Å². The van der Waals surface area contributed by atoms with Gasteiger partial charge in [0.15, 0.2) is 0 Å². The van der Waals surface area contributed by atoms with Crippen molar-refractivity contribution >= 4 is 28.0 Å². The molecule has 1 atom stereocenters. The average molecular weight is 426 g/mol. The summed E-state index contributed by atoms with van der Waals surface area (Å²) in [7, 11) is -2.99. The second kappa shape index (κ2) is 9.28. The molecule has 0 saturated heterocycles. The Hall–Kier alpha value is -3.28. The van der Waals surface area contributed by atoms with E-state index in [0.717, 1.165) is 6.92 Å². The molecule has 0 spiro atoms. The van der Waals surface area contributed by atoms with E-state index in [1.807, 2.05) is 0 Å². The minimum atomic E-state index is -4.37. The maximum absolute atomic E-state index is 13.8. The van der Waals surface area contributed by atoms with E-state index < -0.39 is 34.8 Å². The van der Waals surface area contributed by atoms with E-state index in [-0.39, 0.29) is 22.3 Å². The van der Waals surface area contributed by atoms with Gasteiger partial charge in [0.25, 0.3) is 10.0 Å². The molecule has 0 fully saturated rings. The standard InChI is InChI=1S/C17H19FN4O6S/c1-10-8-15(27-3)20-16(19-10)21-17(24)22-29(25,26)13-7-5-4-6-12(13)9-14(18)28-11(2)23/h4-8,14H,9H2,1-3H3,(H2,19,20,21,22,24). The Morgan fingerprint density at radius 2 is 1.93 bits per heavy atom. The third-order valence-electron chi connectivity index (χ3n) is 3.43. The van der Waals surface area contributed by atoms with Crippen LogP contribution in [-0.2, 0) is 26.0 Å². The Morgan fingerprint density at radius 3 is 2.59 bits per heavy atom. The van der Waals surface area contributed by atoms with Crippen molar-refractivity contribution in [2.75, 3.05) is 12.4 Å². The third-order valence-corrected chi connectivity index (χ3v) is 4.86. The number of nitrogens with one attached hydrogen (secondary N) is 2. The lowest BCUT2D eigenvalue weighted by molar-refractivity contribution is -0.154. The number of benzene rings is 1. The maximum Gasteiger partial charge on any atom is 0.335 e. The lowest BCUT2D eigenvalue weighted by Gasteiger charge is -2.14. The summed E-state index contributed by atoms with van der Waals surface area (Å²) in [4.78, 5) is 30.5. The van der Waals surface area contributed by atoms with Gasteiger partial charge < -0.3 is 9.47 Å². The number of sulfonamides is 1. The van der Waals surface area contributed by atoms with Crippen LogP contribution in [-0.4, -0.2) is 43.9 Å². The molecular formula is C17H19FN4O6S. The highest BCUT2D eigenvalue weighted by Crippen LogP contribution is 2.19. The molecule has 12 heteroatoms. The Labute approximate surface area is 166 Å². The number of ether oxygens (including phenoxy) is 2. The average Bonchev–Trinajstić information content (AvgIpc) is 2.60. The van der Waals surface area contributed by atoms with Crippen molar-refractivity contribution in [2.45, 2.75) is 31.5 Å². The summed E-state index contributed by atoms with van der Waals surface area (Å²) >= 11 is 0. The van der Waals surface area contributed by atoms with Crippen molar-refractivity contribution < 1.29 is 31.9 Å². The number of rotatable bonds is 7. The molecule has 10 nitrogen and oxygen atoms in total. The molecule has 1 aromatic heterocycles. The number of nitrogens with zero attached hydrogens (tertiary/aromatic N) is 2. The quantitative estimate of drug-likeness (QED) is 0.639. The SMILES string of the molecule is COc1cc(C)nc(NC(=O)NS(=O)(=O)c2ccccc2CC(F)OC(C)=O)n1. The van der Waals surface area contributed by atoms with E-state index in [2.05, 4.69) is 20.0 Å². The third kappa shape index (κ3) is 6.38. The highest BCUT2D eigenvalue weighted by atomic mass is 32.2. The number of anilines is 1. The molecule has 156 valence electrons. The van der Waals surface area contributed by atoms with Crippen molar-refractivity contribution in [1.29, 1.82) is 0 Å². The number of halogens is 1. The van der Waals surface area contributed by atoms with Crippen molar-refractivity contribution in [3.05, 3.63) is 41.6 Å². The Balaban J connectivity index is 2.18. The topological polar surface area (TPSA) is 137 Å². The lowest BCUT2D eigenvalue weighted by atomic mass is 10.1. The number of carbonyl (C=O) groups is 2. The first-order valence-corrected chi connectivity index (χ1v) is 9.71. The van der Waals surface area contributed by atoms with Crippen LogP contribution < -0.4 is 14.8 Å².